The number of carbonyl (C=O) groups is 2. The molecule has 0 radical (unpaired) electrons. The van der Waals surface area contributed by atoms with Crippen molar-refractivity contribution >= 4 is 11.8 Å². The van der Waals surface area contributed by atoms with E-state index in [2.05, 4.69) is 19.9 Å². The second-order valence-corrected chi connectivity index (χ2v) is 9.76. The predicted molar refractivity (Wildman–Crippen MR) is 143 cm³/mol. The van der Waals surface area contributed by atoms with Gasteiger partial charge in [0.25, 0.3) is 0 Å². The summed E-state index contributed by atoms with van der Waals surface area (Å²) in [6, 6.07) is 0. The van der Waals surface area contributed by atoms with Gasteiger partial charge >= 0.3 is 5.97 Å². The molecule has 0 saturated heterocycles. The molecule has 0 aliphatic rings. The number of rotatable bonds is 25. The van der Waals surface area contributed by atoms with Crippen molar-refractivity contribution in [1.82, 2.24) is 0 Å². The molecule has 0 aromatic carbocycles. The smallest absolute Gasteiger partial charge is 0.302 e. The molecule has 0 unspecified atom stereocenters. The summed E-state index contributed by atoms with van der Waals surface area (Å²) in [7, 11) is 0. The van der Waals surface area contributed by atoms with Gasteiger partial charge in [-0.05, 0) is 37.7 Å². The normalized spacial score (nSPS) is 11.7. The summed E-state index contributed by atoms with van der Waals surface area (Å²) in [6.07, 6.45) is 29.0. The molecule has 0 rings (SSSR count). The van der Waals surface area contributed by atoms with Gasteiger partial charge in [-0.15, -0.1) is 0 Å². The van der Waals surface area contributed by atoms with Crippen molar-refractivity contribution in [2.45, 2.75) is 162 Å². The van der Waals surface area contributed by atoms with E-state index in [1.165, 1.54) is 103 Å². The van der Waals surface area contributed by atoms with Crippen LogP contribution in [0.3, 0.4) is 0 Å². The highest BCUT2D eigenvalue weighted by atomic mass is 16.5. The van der Waals surface area contributed by atoms with E-state index >= 15 is 0 Å². The second kappa shape index (κ2) is 25.5. The Labute approximate surface area is 206 Å². The van der Waals surface area contributed by atoms with Crippen LogP contribution in [0.15, 0.2) is 11.6 Å². The van der Waals surface area contributed by atoms with Gasteiger partial charge in [0.1, 0.15) is 0 Å². The van der Waals surface area contributed by atoms with Gasteiger partial charge in [0.15, 0.2) is 5.78 Å². The van der Waals surface area contributed by atoms with E-state index in [0.717, 1.165) is 50.5 Å². The maximum atomic E-state index is 12.6. The van der Waals surface area contributed by atoms with E-state index < -0.39 is 0 Å². The third kappa shape index (κ3) is 23.8. The Morgan fingerprint density at radius 2 is 1.00 bits per heavy atom. The summed E-state index contributed by atoms with van der Waals surface area (Å²) in [6.45, 7) is 6.44. The Morgan fingerprint density at radius 3 is 1.45 bits per heavy atom. The number of unbranched alkanes of at least 4 members (excludes halogenated alkanes) is 17. The highest BCUT2D eigenvalue weighted by molar-refractivity contribution is 5.95. The maximum absolute atomic E-state index is 12.6. The van der Waals surface area contributed by atoms with Gasteiger partial charge in [-0.3, -0.25) is 9.59 Å². The van der Waals surface area contributed by atoms with E-state index in [0.29, 0.717) is 12.4 Å². The summed E-state index contributed by atoms with van der Waals surface area (Å²) in [5.74, 6) is 0.226. The number of allylic oxidation sites excluding steroid dienone is 2. The number of Topliss-reactive ketones (excluding diaryl/α,β-unsaturated/α-hetero) is 1. The van der Waals surface area contributed by atoms with Crippen LogP contribution in [-0.4, -0.2) is 18.4 Å². The molecule has 0 fully saturated rings. The van der Waals surface area contributed by atoms with Crippen LogP contribution in [0.1, 0.15) is 162 Å². The van der Waals surface area contributed by atoms with Crippen LogP contribution in [0.2, 0.25) is 0 Å². The molecule has 0 aliphatic carbocycles. The van der Waals surface area contributed by atoms with Crippen molar-refractivity contribution in [1.29, 1.82) is 0 Å². The van der Waals surface area contributed by atoms with Crippen LogP contribution in [0.4, 0.5) is 0 Å². The Balaban J connectivity index is 3.63. The van der Waals surface area contributed by atoms with Crippen molar-refractivity contribution in [2.75, 3.05) is 6.61 Å². The summed E-state index contributed by atoms with van der Waals surface area (Å²) in [5.41, 5.74) is 1.09. The highest BCUT2D eigenvalue weighted by Crippen LogP contribution is 2.18. The lowest BCUT2D eigenvalue weighted by atomic mass is 9.97. The molecule has 3 nitrogen and oxygen atoms in total. The molecular weight excluding hydrogens is 408 g/mol. The minimum absolute atomic E-state index is 0.177. The molecule has 0 aliphatic heterocycles. The molecule has 0 amide bonds. The van der Waals surface area contributed by atoms with Crippen LogP contribution < -0.4 is 0 Å². The largest absolute Gasteiger partial charge is 0.466 e. The number of carbonyl (C=O) groups excluding carboxylic acids is 2. The van der Waals surface area contributed by atoms with Crippen molar-refractivity contribution < 1.29 is 14.3 Å². The average Bonchev–Trinajstić information content (AvgIpc) is 2.79. The first-order valence-corrected chi connectivity index (χ1v) is 14.5. The van der Waals surface area contributed by atoms with Crippen LogP contribution in [-0.2, 0) is 14.3 Å². The topological polar surface area (TPSA) is 43.4 Å². The first-order valence-electron chi connectivity index (χ1n) is 14.5. The molecule has 0 heterocycles. The molecule has 0 aromatic rings. The van der Waals surface area contributed by atoms with Gasteiger partial charge in [0.05, 0.1) is 6.61 Å². The van der Waals surface area contributed by atoms with Gasteiger partial charge in [-0.25, -0.2) is 0 Å². The monoisotopic (exact) mass is 464 g/mol. The second-order valence-electron chi connectivity index (χ2n) is 9.76. The average molecular weight is 465 g/mol. The molecule has 0 aromatic heterocycles. The number of ketones is 1. The van der Waals surface area contributed by atoms with Crippen molar-refractivity contribution in [3.05, 3.63) is 11.6 Å². The van der Waals surface area contributed by atoms with Crippen molar-refractivity contribution in [3.63, 3.8) is 0 Å². The van der Waals surface area contributed by atoms with E-state index in [4.69, 9.17) is 4.74 Å². The first-order chi connectivity index (χ1) is 16.1. The van der Waals surface area contributed by atoms with Crippen LogP contribution in [0.25, 0.3) is 0 Å². The van der Waals surface area contributed by atoms with Crippen LogP contribution in [0.5, 0.6) is 0 Å². The highest BCUT2D eigenvalue weighted by Gasteiger charge is 2.08. The van der Waals surface area contributed by atoms with Gasteiger partial charge in [0.2, 0.25) is 0 Å². The molecule has 0 atom stereocenters. The molecule has 0 saturated carbocycles. The lowest BCUT2D eigenvalue weighted by Gasteiger charge is -2.08. The summed E-state index contributed by atoms with van der Waals surface area (Å²) >= 11 is 0. The number of hydrogen-bond donors (Lipinski definition) is 0. The van der Waals surface area contributed by atoms with E-state index in [1.54, 1.807) is 0 Å². The van der Waals surface area contributed by atoms with Crippen molar-refractivity contribution in [2.24, 2.45) is 0 Å². The summed E-state index contributed by atoms with van der Waals surface area (Å²) < 4.78 is 4.96. The molecular formula is C30H56O3. The third-order valence-corrected chi connectivity index (χ3v) is 6.46. The number of ether oxygens (including phenoxy) is 1. The molecule has 33 heavy (non-hydrogen) atoms. The fourth-order valence-electron chi connectivity index (χ4n) is 4.41. The molecule has 194 valence electrons. The minimum Gasteiger partial charge on any atom is -0.466 e. The van der Waals surface area contributed by atoms with Crippen LogP contribution >= 0.6 is 0 Å². The third-order valence-electron chi connectivity index (χ3n) is 6.46. The number of hydrogen-bond acceptors (Lipinski definition) is 3. The molecule has 0 spiro atoms. The lowest BCUT2D eigenvalue weighted by molar-refractivity contribution is -0.141. The van der Waals surface area contributed by atoms with Gasteiger partial charge in [0, 0.05) is 13.3 Å². The zero-order chi connectivity index (χ0) is 24.4. The van der Waals surface area contributed by atoms with Gasteiger partial charge < -0.3 is 4.74 Å². The lowest BCUT2D eigenvalue weighted by Crippen LogP contribution is -2.03. The molecule has 0 N–H and O–H groups in total. The predicted octanol–water partition coefficient (Wildman–Crippen LogP) is 9.67. The van der Waals surface area contributed by atoms with E-state index in [1.807, 2.05) is 0 Å². The fraction of sp³-hybridized carbons (Fsp3) is 0.867. The zero-order valence-electron chi connectivity index (χ0n) is 22.6. The Hall–Kier alpha value is -1.12. The quantitative estimate of drug-likeness (QED) is 0.0767. The fourth-order valence-corrected chi connectivity index (χ4v) is 4.41. The zero-order valence-corrected chi connectivity index (χ0v) is 22.6. The maximum Gasteiger partial charge on any atom is 0.302 e. The van der Waals surface area contributed by atoms with Crippen molar-refractivity contribution in [3.8, 4) is 0 Å². The van der Waals surface area contributed by atoms with E-state index in [-0.39, 0.29) is 5.97 Å². The Bertz CT molecular complexity index is 481. The Morgan fingerprint density at radius 1 is 0.576 bits per heavy atom. The SMILES string of the molecule is CCC=C(CCCCCCCCCCOC(C)=O)C(=O)CCCCCCCCCCCCC. The van der Waals surface area contributed by atoms with Gasteiger partial charge in [-0.2, -0.15) is 0 Å². The Kier molecular flexibility index (Phi) is 24.6. The number of esters is 1. The summed E-state index contributed by atoms with van der Waals surface area (Å²) in [5, 5.41) is 0. The van der Waals surface area contributed by atoms with E-state index in [9.17, 15) is 9.59 Å². The standard InChI is InChI=1S/C30H56O3/c1-4-6-7-8-9-10-11-12-16-19-22-26-30(32)29(24-5-2)25-21-18-15-13-14-17-20-23-27-33-28(3)31/h24H,4-23,25-27H2,1-3H3. The molecule has 0 bridgehead atoms. The molecule has 3 heteroatoms. The first kappa shape index (κ1) is 31.9. The van der Waals surface area contributed by atoms with Crippen LogP contribution in [0, 0.1) is 0 Å². The van der Waals surface area contributed by atoms with Gasteiger partial charge in [-0.1, -0.05) is 123 Å². The minimum atomic E-state index is -0.177. The summed E-state index contributed by atoms with van der Waals surface area (Å²) in [4.78, 5) is 23.3.